The highest BCUT2D eigenvalue weighted by Crippen LogP contribution is 2.60. The first-order chi connectivity index (χ1) is 16.8. The van der Waals surface area contributed by atoms with E-state index in [2.05, 4.69) is 40.3 Å². The second kappa shape index (κ2) is 11.7. The molecule has 1 unspecified atom stereocenters. The summed E-state index contributed by atoms with van der Waals surface area (Å²) in [6.45, 7) is 16.4. The average Bonchev–Trinajstić information content (AvgIpc) is 3.11. The predicted molar refractivity (Wildman–Crippen MR) is 143 cm³/mol. The molecule has 0 aromatic rings. The first-order valence-corrected chi connectivity index (χ1v) is 14.0. The van der Waals surface area contributed by atoms with Gasteiger partial charge >= 0.3 is 11.9 Å². The van der Waals surface area contributed by atoms with Gasteiger partial charge < -0.3 is 14.6 Å². The van der Waals surface area contributed by atoms with Crippen molar-refractivity contribution in [2.24, 2.45) is 29.1 Å². The number of carbonyl (C=O) groups excluding carboxylic acids is 2. The Bertz CT molecular complexity index is 899. The van der Waals surface area contributed by atoms with Crippen LogP contribution < -0.4 is 0 Å². The van der Waals surface area contributed by atoms with Crippen molar-refractivity contribution in [2.75, 3.05) is 0 Å². The molecule has 0 spiro atoms. The number of hydrogen-bond donors (Lipinski definition) is 1. The van der Waals surface area contributed by atoms with E-state index < -0.39 is 23.8 Å². The van der Waals surface area contributed by atoms with Crippen molar-refractivity contribution in [3.8, 4) is 0 Å². The number of carbonyl (C=O) groups is 2. The predicted octanol–water partition coefficient (Wildman–Crippen LogP) is 7.05. The molecule has 0 aromatic carbocycles. The Hall–Kier alpha value is -1.88. The van der Waals surface area contributed by atoms with Crippen molar-refractivity contribution in [3.63, 3.8) is 0 Å². The molecule has 3 aliphatic rings. The van der Waals surface area contributed by atoms with Crippen molar-refractivity contribution in [2.45, 2.75) is 118 Å². The third-order valence-electron chi connectivity index (χ3n) is 9.08. The van der Waals surface area contributed by atoms with Gasteiger partial charge in [0.15, 0.2) is 0 Å². The van der Waals surface area contributed by atoms with E-state index in [1.54, 1.807) is 0 Å². The monoisotopic (exact) mass is 500 g/mol. The first kappa shape index (κ1) is 28.7. The summed E-state index contributed by atoms with van der Waals surface area (Å²) in [4.78, 5) is 23.3. The molecule has 0 radical (unpaired) electrons. The molecule has 5 nitrogen and oxygen atoms in total. The summed E-state index contributed by atoms with van der Waals surface area (Å²) in [7, 11) is 0. The maximum atomic E-state index is 11.7. The van der Waals surface area contributed by atoms with Crippen LogP contribution in [0.5, 0.6) is 0 Å². The summed E-state index contributed by atoms with van der Waals surface area (Å²) in [6, 6.07) is 0. The van der Waals surface area contributed by atoms with Gasteiger partial charge in [-0.05, 0) is 72.3 Å². The number of hydrogen-bond acceptors (Lipinski definition) is 5. The van der Waals surface area contributed by atoms with E-state index in [9.17, 15) is 14.7 Å². The molecular weight excluding hydrogens is 452 g/mol. The summed E-state index contributed by atoms with van der Waals surface area (Å²) in [5, 5.41) is 11.0. The van der Waals surface area contributed by atoms with Crippen molar-refractivity contribution >= 4 is 11.9 Å². The summed E-state index contributed by atoms with van der Waals surface area (Å²) in [6.07, 6.45) is 13.7. The smallest absolute Gasteiger partial charge is 0.305 e. The van der Waals surface area contributed by atoms with Crippen LogP contribution in [-0.4, -0.2) is 28.9 Å². The van der Waals surface area contributed by atoms with Crippen LogP contribution in [0.2, 0.25) is 0 Å². The third kappa shape index (κ3) is 6.70. The summed E-state index contributed by atoms with van der Waals surface area (Å²) >= 11 is 0. The minimum absolute atomic E-state index is 0.00399. The molecule has 3 rings (SSSR count). The van der Waals surface area contributed by atoms with Crippen molar-refractivity contribution in [3.05, 3.63) is 35.5 Å². The molecule has 1 N–H and O–H groups in total. The maximum Gasteiger partial charge on any atom is 0.305 e. The number of ether oxygens (including phenoxy) is 2. The normalized spacial score (nSPS) is 35.7. The van der Waals surface area contributed by atoms with E-state index >= 15 is 0 Å². The minimum Gasteiger partial charge on any atom is -0.457 e. The van der Waals surface area contributed by atoms with E-state index in [-0.39, 0.29) is 12.8 Å². The van der Waals surface area contributed by atoms with Gasteiger partial charge in [-0.3, -0.25) is 9.59 Å². The Morgan fingerprint density at radius 2 is 1.86 bits per heavy atom. The van der Waals surface area contributed by atoms with Gasteiger partial charge in [-0.1, -0.05) is 71.3 Å². The number of aliphatic hydroxyl groups is 1. The molecule has 3 fully saturated rings. The maximum absolute atomic E-state index is 11.7. The Labute approximate surface area is 218 Å². The standard InChI is InChI=1S/C31H48O5/c1-20(2)10-8-11-21(3)27-15-16-28-25(12-9-17-30(27,28)7)13-14-26-18-31(34,36-24(6)33)19-29(22(26)4)35-23(5)32/h13-14,20-21,27-29,34H,4,8-12,15-19H2,1-3,5-7H3/b25-13?,26-14-/t21-,27-,28?,29-,30-,31+/m1/s1. The summed E-state index contributed by atoms with van der Waals surface area (Å²) in [5.74, 6) is 0.141. The molecule has 36 heavy (non-hydrogen) atoms. The van der Waals surface area contributed by atoms with E-state index in [4.69, 9.17) is 9.47 Å². The minimum atomic E-state index is -1.71. The Kier molecular flexibility index (Phi) is 9.30. The van der Waals surface area contributed by atoms with E-state index in [1.165, 1.54) is 64.4 Å². The van der Waals surface area contributed by atoms with Gasteiger partial charge in [0.2, 0.25) is 5.79 Å². The van der Waals surface area contributed by atoms with Crippen LogP contribution in [0.4, 0.5) is 0 Å². The Morgan fingerprint density at radius 1 is 1.14 bits per heavy atom. The lowest BCUT2D eigenvalue weighted by molar-refractivity contribution is -0.220. The lowest BCUT2D eigenvalue weighted by Crippen LogP contribution is -2.44. The largest absolute Gasteiger partial charge is 0.457 e. The molecule has 3 aliphatic carbocycles. The van der Waals surface area contributed by atoms with Crippen LogP contribution in [0.3, 0.4) is 0 Å². The number of fused-ring (bicyclic) bond motifs is 1. The van der Waals surface area contributed by atoms with Gasteiger partial charge in [-0.15, -0.1) is 0 Å². The highest BCUT2D eigenvalue weighted by atomic mass is 16.7. The second-order valence-electron chi connectivity index (χ2n) is 12.4. The molecule has 0 aromatic heterocycles. The van der Waals surface area contributed by atoms with E-state index in [1.807, 2.05) is 6.08 Å². The second-order valence-corrected chi connectivity index (χ2v) is 12.4. The lowest BCUT2D eigenvalue weighted by Gasteiger charge is -2.44. The molecule has 6 atom stereocenters. The number of rotatable bonds is 8. The Morgan fingerprint density at radius 3 is 2.50 bits per heavy atom. The van der Waals surface area contributed by atoms with Gasteiger partial charge in [-0.2, -0.15) is 0 Å². The number of esters is 2. The van der Waals surface area contributed by atoms with Gasteiger partial charge in [0.1, 0.15) is 6.10 Å². The molecule has 3 saturated carbocycles. The SMILES string of the molecule is C=C1/C(=C\C=C2CCC[C@@]3(C)C2CC[C@@H]3[C@H](C)CCCC(C)C)C[C@](O)(OC(C)=O)C[C@H]1OC(C)=O. The van der Waals surface area contributed by atoms with Crippen molar-refractivity contribution < 1.29 is 24.2 Å². The molecule has 0 amide bonds. The van der Waals surface area contributed by atoms with Gasteiger partial charge in [0.25, 0.3) is 0 Å². The third-order valence-corrected chi connectivity index (χ3v) is 9.08. The van der Waals surface area contributed by atoms with Crippen LogP contribution >= 0.6 is 0 Å². The fourth-order valence-electron chi connectivity index (χ4n) is 7.40. The van der Waals surface area contributed by atoms with E-state index in [0.717, 1.165) is 29.7 Å². The van der Waals surface area contributed by atoms with Gasteiger partial charge in [-0.25, -0.2) is 0 Å². The lowest BCUT2D eigenvalue weighted by atomic mass is 9.60. The number of allylic oxidation sites excluding steroid dienone is 3. The van der Waals surface area contributed by atoms with Gasteiger partial charge in [0.05, 0.1) is 6.42 Å². The van der Waals surface area contributed by atoms with Crippen LogP contribution in [0.1, 0.15) is 106 Å². The average molecular weight is 501 g/mol. The highest BCUT2D eigenvalue weighted by Gasteiger charge is 2.50. The van der Waals surface area contributed by atoms with Crippen LogP contribution in [-0.2, 0) is 19.1 Å². The van der Waals surface area contributed by atoms with Crippen molar-refractivity contribution in [1.82, 2.24) is 0 Å². The molecule has 0 aliphatic heterocycles. The van der Waals surface area contributed by atoms with E-state index in [0.29, 0.717) is 16.9 Å². The quantitative estimate of drug-likeness (QED) is 0.285. The zero-order valence-electron chi connectivity index (χ0n) is 23.4. The molecule has 0 saturated heterocycles. The zero-order chi connectivity index (χ0) is 26.7. The molecular formula is C31H48O5. The highest BCUT2D eigenvalue weighted by molar-refractivity contribution is 5.67. The van der Waals surface area contributed by atoms with Crippen molar-refractivity contribution in [1.29, 1.82) is 0 Å². The summed E-state index contributed by atoms with van der Waals surface area (Å²) < 4.78 is 10.7. The fourth-order valence-corrected chi connectivity index (χ4v) is 7.40. The van der Waals surface area contributed by atoms with Crippen LogP contribution in [0.15, 0.2) is 35.5 Å². The van der Waals surface area contributed by atoms with Crippen LogP contribution in [0, 0.1) is 29.1 Å². The Balaban J connectivity index is 1.81. The zero-order valence-corrected chi connectivity index (χ0v) is 23.4. The summed E-state index contributed by atoms with van der Waals surface area (Å²) in [5.41, 5.74) is 3.25. The molecule has 0 heterocycles. The van der Waals surface area contributed by atoms with Gasteiger partial charge in [0, 0.05) is 20.3 Å². The molecule has 202 valence electrons. The topological polar surface area (TPSA) is 72.8 Å². The first-order valence-electron chi connectivity index (χ1n) is 14.0. The van der Waals surface area contributed by atoms with Crippen LogP contribution in [0.25, 0.3) is 0 Å². The fraction of sp³-hybridized carbons (Fsp3) is 0.742. The molecule has 5 heteroatoms. The molecule has 0 bridgehead atoms.